The Kier molecular flexibility index (Phi) is 4.39. The molecule has 1 heterocycles. The van der Waals surface area contributed by atoms with Gasteiger partial charge in [-0.25, -0.2) is 0 Å². The van der Waals surface area contributed by atoms with Crippen LogP contribution in [0.2, 0.25) is 0 Å². The quantitative estimate of drug-likeness (QED) is 0.725. The Balaban J connectivity index is 2.64. The summed E-state index contributed by atoms with van der Waals surface area (Å²) in [6.07, 6.45) is 2.06. The number of nitrogens with zero attached hydrogens (tertiary/aromatic N) is 1. The summed E-state index contributed by atoms with van der Waals surface area (Å²) in [4.78, 5) is 4.19. The van der Waals surface area contributed by atoms with Gasteiger partial charge in [0.05, 0.1) is 12.8 Å². The standard InChI is InChI=1S/C9H15N3OS/c1-13-8-4-3-7(10)9(12-8)11-5-6-14-2/h3-4H,5-6,10H2,1-2H3,(H,11,12). The minimum atomic E-state index is 0.575. The van der Waals surface area contributed by atoms with Crippen molar-refractivity contribution in [2.45, 2.75) is 0 Å². The van der Waals surface area contributed by atoms with Crippen molar-refractivity contribution in [2.75, 3.05) is 36.7 Å². The minimum Gasteiger partial charge on any atom is -0.481 e. The van der Waals surface area contributed by atoms with Gasteiger partial charge in [-0.1, -0.05) is 0 Å². The molecule has 0 bridgehead atoms. The first-order valence-electron chi connectivity index (χ1n) is 4.31. The predicted molar refractivity (Wildman–Crippen MR) is 62.1 cm³/mol. The molecule has 78 valence electrons. The summed E-state index contributed by atoms with van der Waals surface area (Å²) in [5, 5.41) is 3.15. The van der Waals surface area contributed by atoms with Gasteiger partial charge in [-0.05, 0) is 12.3 Å². The average Bonchev–Trinajstić information content (AvgIpc) is 2.21. The first-order chi connectivity index (χ1) is 6.77. The molecule has 14 heavy (non-hydrogen) atoms. The van der Waals surface area contributed by atoms with Crippen LogP contribution in [0.1, 0.15) is 0 Å². The molecule has 0 saturated heterocycles. The Morgan fingerprint density at radius 1 is 1.57 bits per heavy atom. The highest BCUT2D eigenvalue weighted by molar-refractivity contribution is 7.98. The van der Waals surface area contributed by atoms with E-state index in [0.717, 1.165) is 12.3 Å². The molecule has 0 aromatic carbocycles. The van der Waals surface area contributed by atoms with Crippen molar-refractivity contribution >= 4 is 23.3 Å². The minimum absolute atomic E-state index is 0.575. The molecule has 0 saturated carbocycles. The third-order valence-electron chi connectivity index (χ3n) is 1.71. The lowest BCUT2D eigenvalue weighted by Crippen LogP contribution is -2.08. The molecule has 3 N–H and O–H groups in total. The molecule has 0 amide bonds. The van der Waals surface area contributed by atoms with E-state index in [1.54, 1.807) is 31.0 Å². The summed E-state index contributed by atoms with van der Waals surface area (Å²) in [5.74, 6) is 2.29. The fraction of sp³-hybridized carbons (Fsp3) is 0.444. The third-order valence-corrected chi connectivity index (χ3v) is 2.32. The monoisotopic (exact) mass is 213 g/mol. The fourth-order valence-corrected chi connectivity index (χ4v) is 1.28. The maximum Gasteiger partial charge on any atom is 0.215 e. The highest BCUT2D eigenvalue weighted by Gasteiger charge is 2.01. The molecular weight excluding hydrogens is 198 g/mol. The van der Waals surface area contributed by atoms with Crippen LogP contribution in [0, 0.1) is 0 Å². The van der Waals surface area contributed by atoms with Crippen molar-refractivity contribution in [1.82, 2.24) is 4.98 Å². The van der Waals surface area contributed by atoms with Crippen molar-refractivity contribution in [2.24, 2.45) is 0 Å². The van der Waals surface area contributed by atoms with Crippen LogP contribution in [0.3, 0.4) is 0 Å². The molecule has 5 heteroatoms. The molecule has 1 rings (SSSR count). The van der Waals surface area contributed by atoms with Crippen LogP contribution in [-0.2, 0) is 0 Å². The first-order valence-corrected chi connectivity index (χ1v) is 5.70. The van der Waals surface area contributed by atoms with Crippen LogP contribution in [0.25, 0.3) is 0 Å². The number of nitrogens with one attached hydrogen (secondary N) is 1. The largest absolute Gasteiger partial charge is 0.481 e. The Morgan fingerprint density at radius 3 is 3.00 bits per heavy atom. The number of anilines is 2. The van der Waals surface area contributed by atoms with Crippen molar-refractivity contribution in [3.05, 3.63) is 12.1 Å². The van der Waals surface area contributed by atoms with Crippen molar-refractivity contribution in [3.8, 4) is 5.88 Å². The van der Waals surface area contributed by atoms with E-state index in [-0.39, 0.29) is 0 Å². The van der Waals surface area contributed by atoms with Crippen molar-refractivity contribution < 1.29 is 4.74 Å². The molecule has 0 aliphatic rings. The number of rotatable bonds is 5. The van der Waals surface area contributed by atoms with Crippen LogP contribution < -0.4 is 15.8 Å². The van der Waals surface area contributed by atoms with Crippen LogP contribution in [0.15, 0.2) is 12.1 Å². The smallest absolute Gasteiger partial charge is 0.215 e. The van der Waals surface area contributed by atoms with E-state index in [2.05, 4.69) is 16.6 Å². The van der Waals surface area contributed by atoms with Gasteiger partial charge >= 0.3 is 0 Å². The van der Waals surface area contributed by atoms with E-state index < -0.39 is 0 Å². The number of ether oxygens (including phenoxy) is 1. The van der Waals surface area contributed by atoms with Crippen LogP contribution in [-0.4, -0.2) is 30.6 Å². The van der Waals surface area contributed by atoms with Crippen LogP contribution >= 0.6 is 11.8 Å². The summed E-state index contributed by atoms with van der Waals surface area (Å²) in [6, 6.07) is 3.53. The molecule has 0 aliphatic heterocycles. The Hall–Kier alpha value is -1.10. The Labute approximate surface area is 88.2 Å². The SMILES string of the molecule is COc1ccc(N)c(NCCSC)n1. The first kappa shape index (κ1) is 11.0. The van der Waals surface area contributed by atoms with E-state index in [0.29, 0.717) is 17.4 Å². The number of thioether (sulfide) groups is 1. The highest BCUT2D eigenvalue weighted by atomic mass is 32.2. The fourth-order valence-electron chi connectivity index (χ4n) is 0.979. The predicted octanol–water partition coefficient (Wildman–Crippen LogP) is 1.45. The molecule has 0 unspecified atom stereocenters. The van der Waals surface area contributed by atoms with Crippen molar-refractivity contribution in [1.29, 1.82) is 0 Å². The van der Waals surface area contributed by atoms with Gasteiger partial charge in [0, 0.05) is 18.4 Å². The lowest BCUT2D eigenvalue weighted by molar-refractivity contribution is 0.398. The van der Waals surface area contributed by atoms with Crippen LogP contribution in [0.4, 0.5) is 11.5 Å². The molecule has 0 aliphatic carbocycles. The topological polar surface area (TPSA) is 60.2 Å². The molecule has 0 radical (unpaired) electrons. The second-order valence-corrected chi connectivity index (χ2v) is 3.70. The van der Waals surface area contributed by atoms with Gasteiger partial charge in [0.25, 0.3) is 0 Å². The zero-order valence-electron chi connectivity index (χ0n) is 8.41. The van der Waals surface area contributed by atoms with Crippen LogP contribution in [0.5, 0.6) is 5.88 Å². The molecule has 1 aromatic rings. The van der Waals surface area contributed by atoms with E-state index >= 15 is 0 Å². The summed E-state index contributed by atoms with van der Waals surface area (Å²) < 4.78 is 5.00. The number of methoxy groups -OCH3 is 1. The zero-order valence-corrected chi connectivity index (χ0v) is 9.23. The lowest BCUT2D eigenvalue weighted by Gasteiger charge is -2.08. The second kappa shape index (κ2) is 5.59. The van der Waals surface area contributed by atoms with Gasteiger partial charge in [0.2, 0.25) is 5.88 Å². The molecule has 0 fully saturated rings. The number of nitrogens with two attached hydrogens (primary N) is 1. The zero-order chi connectivity index (χ0) is 10.4. The molecular formula is C9H15N3OS. The van der Waals surface area contributed by atoms with Gasteiger partial charge in [0.1, 0.15) is 0 Å². The van der Waals surface area contributed by atoms with Gasteiger partial charge in [-0.2, -0.15) is 16.7 Å². The van der Waals surface area contributed by atoms with E-state index in [9.17, 15) is 0 Å². The van der Waals surface area contributed by atoms with Crippen molar-refractivity contribution in [3.63, 3.8) is 0 Å². The number of hydrogen-bond donors (Lipinski definition) is 2. The Morgan fingerprint density at radius 2 is 2.36 bits per heavy atom. The maximum absolute atomic E-state index is 5.74. The number of aromatic nitrogens is 1. The van der Waals surface area contributed by atoms with Gasteiger partial charge < -0.3 is 15.8 Å². The highest BCUT2D eigenvalue weighted by Crippen LogP contribution is 2.19. The van der Waals surface area contributed by atoms with E-state index in [4.69, 9.17) is 10.5 Å². The van der Waals surface area contributed by atoms with Gasteiger partial charge in [-0.15, -0.1) is 0 Å². The maximum atomic E-state index is 5.74. The molecule has 4 nitrogen and oxygen atoms in total. The lowest BCUT2D eigenvalue weighted by atomic mass is 10.4. The number of nitrogen functional groups attached to an aromatic ring is 1. The second-order valence-electron chi connectivity index (χ2n) is 2.71. The Bertz CT molecular complexity index is 293. The number of pyridine rings is 1. The molecule has 0 atom stereocenters. The molecule has 0 spiro atoms. The number of hydrogen-bond acceptors (Lipinski definition) is 5. The van der Waals surface area contributed by atoms with E-state index in [1.165, 1.54) is 0 Å². The van der Waals surface area contributed by atoms with E-state index in [1.807, 2.05) is 0 Å². The van der Waals surface area contributed by atoms with Gasteiger partial charge in [0.15, 0.2) is 5.82 Å². The third kappa shape index (κ3) is 2.99. The summed E-state index contributed by atoms with van der Waals surface area (Å²) >= 11 is 1.77. The van der Waals surface area contributed by atoms with Gasteiger partial charge in [-0.3, -0.25) is 0 Å². The normalized spacial score (nSPS) is 9.86. The summed E-state index contributed by atoms with van der Waals surface area (Å²) in [7, 11) is 1.59. The summed E-state index contributed by atoms with van der Waals surface area (Å²) in [5.41, 5.74) is 6.38. The molecule has 1 aromatic heterocycles. The summed E-state index contributed by atoms with van der Waals surface area (Å²) in [6.45, 7) is 0.853. The average molecular weight is 213 g/mol.